The Balaban J connectivity index is 2.33. The Morgan fingerprint density at radius 1 is 1.39 bits per heavy atom. The van der Waals surface area contributed by atoms with Crippen LogP contribution in [0.2, 0.25) is 0 Å². The SMILES string of the molecule is Cc1c(F)cc(N2CC(C(N)=O)CC2=O)cc1F. The van der Waals surface area contributed by atoms with Crippen molar-refractivity contribution in [2.75, 3.05) is 11.4 Å². The summed E-state index contributed by atoms with van der Waals surface area (Å²) in [6.45, 7) is 1.38. The molecule has 1 atom stereocenters. The van der Waals surface area contributed by atoms with Gasteiger partial charge in [-0.3, -0.25) is 9.59 Å². The van der Waals surface area contributed by atoms with Gasteiger partial charge in [0.25, 0.3) is 0 Å². The van der Waals surface area contributed by atoms with Gasteiger partial charge < -0.3 is 10.6 Å². The molecule has 1 heterocycles. The van der Waals surface area contributed by atoms with Gasteiger partial charge in [-0.1, -0.05) is 0 Å². The van der Waals surface area contributed by atoms with Crippen LogP contribution in [0, 0.1) is 24.5 Å². The van der Waals surface area contributed by atoms with E-state index in [1.54, 1.807) is 0 Å². The van der Waals surface area contributed by atoms with Gasteiger partial charge in [-0.2, -0.15) is 0 Å². The highest BCUT2D eigenvalue weighted by atomic mass is 19.1. The number of amides is 2. The number of hydrogen-bond donors (Lipinski definition) is 1. The number of nitrogens with zero attached hydrogens (tertiary/aromatic N) is 1. The van der Waals surface area contributed by atoms with E-state index in [0.717, 1.165) is 12.1 Å². The van der Waals surface area contributed by atoms with E-state index >= 15 is 0 Å². The van der Waals surface area contributed by atoms with Gasteiger partial charge in [0.05, 0.1) is 5.92 Å². The monoisotopic (exact) mass is 254 g/mol. The third-order valence-corrected chi connectivity index (χ3v) is 3.10. The quantitative estimate of drug-likeness (QED) is 0.859. The van der Waals surface area contributed by atoms with Gasteiger partial charge in [0, 0.05) is 24.2 Å². The fourth-order valence-corrected chi connectivity index (χ4v) is 1.94. The molecule has 1 saturated heterocycles. The third-order valence-electron chi connectivity index (χ3n) is 3.10. The minimum Gasteiger partial charge on any atom is -0.369 e. The highest BCUT2D eigenvalue weighted by Gasteiger charge is 2.34. The fraction of sp³-hybridized carbons (Fsp3) is 0.333. The first-order valence-corrected chi connectivity index (χ1v) is 5.45. The second-order valence-corrected chi connectivity index (χ2v) is 4.34. The van der Waals surface area contributed by atoms with Crippen molar-refractivity contribution in [2.45, 2.75) is 13.3 Å². The number of primary amides is 1. The maximum Gasteiger partial charge on any atom is 0.227 e. The van der Waals surface area contributed by atoms with Crippen LogP contribution in [0.15, 0.2) is 12.1 Å². The van der Waals surface area contributed by atoms with Crippen molar-refractivity contribution in [3.8, 4) is 0 Å². The molecule has 2 N–H and O–H groups in total. The van der Waals surface area contributed by atoms with E-state index in [1.807, 2.05) is 0 Å². The van der Waals surface area contributed by atoms with Crippen molar-refractivity contribution in [2.24, 2.45) is 11.7 Å². The minimum absolute atomic E-state index is 0.0214. The number of nitrogens with two attached hydrogens (primary N) is 1. The van der Waals surface area contributed by atoms with Crippen molar-refractivity contribution < 1.29 is 18.4 Å². The molecule has 0 aromatic heterocycles. The largest absolute Gasteiger partial charge is 0.369 e. The molecule has 0 saturated carbocycles. The van der Waals surface area contributed by atoms with Gasteiger partial charge >= 0.3 is 0 Å². The van der Waals surface area contributed by atoms with Crippen molar-refractivity contribution in [1.29, 1.82) is 0 Å². The second-order valence-electron chi connectivity index (χ2n) is 4.34. The lowest BCUT2D eigenvalue weighted by atomic mass is 10.1. The third kappa shape index (κ3) is 2.05. The van der Waals surface area contributed by atoms with Crippen molar-refractivity contribution in [3.63, 3.8) is 0 Å². The van der Waals surface area contributed by atoms with E-state index in [2.05, 4.69) is 0 Å². The molecule has 0 bridgehead atoms. The van der Waals surface area contributed by atoms with Gasteiger partial charge in [0.2, 0.25) is 11.8 Å². The number of carbonyl (C=O) groups is 2. The molecule has 0 aliphatic carbocycles. The second kappa shape index (κ2) is 4.36. The van der Waals surface area contributed by atoms with Crippen LogP contribution in [-0.4, -0.2) is 18.4 Å². The van der Waals surface area contributed by atoms with E-state index in [-0.39, 0.29) is 30.1 Å². The Morgan fingerprint density at radius 3 is 2.39 bits per heavy atom. The topological polar surface area (TPSA) is 63.4 Å². The van der Waals surface area contributed by atoms with Crippen molar-refractivity contribution in [3.05, 3.63) is 29.3 Å². The molecule has 1 aliphatic rings. The lowest BCUT2D eigenvalue weighted by Gasteiger charge is -2.17. The van der Waals surface area contributed by atoms with Crippen LogP contribution in [0.3, 0.4) is 0 Å². The zero-order valence-electron chi connectivity index (χ0n) is 9.74. The first-order valence-electron chi connectivity index (χ1n) is 5.45. The zero-order chi connectivity index (χ0) is 13.4. The molecule has 1 aliphatic heterocycles. The van der Waals surface area contributed by atoms with Crippen molar-refractivity contribution >= 4 is 17.5 Å². The molecule has 1 unspecified atom stereocenters. The Hall–Kier alpha value is -1.98. The molecule has 1 aromatic rings. The number of hydrogen-bond acceptors (Lipinski definition) is 2. The maximum absolute atomic E-state index is 13.4. The Kier molecular flexibility index (Phi) is 3.02. The van der Waals surface area contributed by atoms with Crippen LogP contribution in [0.1, 0.15) is 12.0 Å². The molecule has 18 heavy (non-hydrogen) atoms. The molecular weight excluding hydrogens is 242 g/mol. The Morgan fingerprint density at radius 2 is 1.94 bits per heavy atom. The minimum atomic E-state index is -0.722. The summed E-state index contributed by atoms with van der Waals surface area (Å²) < 4.78 is 26.8. The number of carbonyl (C=O) groups excluding carboxylic acids is 2. The molecule has 96 valence electrons. The summed E-state index contributed by atoms with van der Waals surface area (Å²) in [5.41, 5.74) is 5.13. The van der Waals surface area contributed by atoms with E-state index in [4.69, 9.17) is 5.73 Å². The Labute approximate surface area is 102 Å². The zero-order valence-corrected chi connectivity index (χ0v) is 9.74. The summed E-state index contributed by atoms with van der Waals surface area (Å²) in [5.74, 6) is -2.99. The van der Waals surface area contributed by atoms with Gasteiger partial charge in [0.1, 0.15) is 11.6 Å². The smallest absolute Gasteiger partial charge is 0.227 e. The Bertz CT molecular complexity index is 508. The molecule has 2 rings (SSSR count). The fourth-order valence-electron chi connectivity index (χ4n) is 1.94. The van der Waals surface area contributed by atoms with Gasteiger partial charge in [0.15, 0.2) is 0 Å². The average molecular weight is 254 g/mol. The number of benzene rings is 1. The number of halogens is 2. The molecule has 6 heteroatoms. The van der Waals surface area contributed by atoms with Crippen LogP contribution in [-0.2, 0) is 9.59 Å². The van der Waals surface area contributed by atoms with Crippen LogP contribution in [0.25, 0.3) is 0 Å². The molecule has 0 radical (unpaired) electrons. The molecule has 4 nitrogen and oxygen atoms in total. The number of anilines is 1. The lowest BCUT2D eigenvalue weighted by molar-refractivity contribution is -0.123. The average Bonchev–Trinajstić information content (AvgIpc) is 2.68. The predicted molar refractivity (Wildman–Crippen MR) is 60.7 cm³/mol. The molecule has 0 spiro atoms. The van der Waals surface area contributed by atoms with E-state index < -0.39 is 23.5 Å². The van der Waals surface area contributed by atoms with Crippen LogP contribution >= 0.6 is 0 Å². The summed E-state index contributed by atoms with van der Waals surface area (Å²) in [4.78, 5) is 23.9. The summed E-state index contributed by atoms with van der Waals surface area (Å²) >= 11 is 0. The molecular formula is C12H12F2N2O2. The first kappa shape index (κ1) is 12.5. The van der Waals surface area contributed by atoms with Crippen LogP contribution in [0.5, 0.6) is 0 Å². The van der Waals surface area contributed by atoms with Gasteiger partial charge in [-0.15, -0.1) is 0 Å². The normalized spacial score (nSPS) is 19.4. The van der Waals surface area contributed by atoms with Gasteiger partial charge in [-0.05, 0) is 19.1 Å². The van der Waals surface area contributed by atoms with E-state index in [9.17, 15) is 18.4 Å². The highest BCUT2D eigenvalue weighted by Crippen LogP contribution is 2.27. The predicted octanol–water partition coefficient (Wildman–Crippen LogP) is 1.11. The standard InChI is InChI=1S/C12H12F2N2O2/c1-6-9(13)3-8(4-10(6)14)16-5-7(12(15)18)2-11(16)17/h3-4,7H,2,5H2,1H3,(H2,15,18). The van der Waals surface area contributed by atoms with Gasteiger partial charge in [-0.25, -0.2) is 8.78 Å². The van der Waals surface area contributed by atoms with Crippen LogP contribution in [0.4, 0.5) is 14.5 Å². The first-order chi connectivity index (χ1) is 8.40. The molecule has 1 aromatic carbocycles. The van der Waals surface area contributed by atoms with E-state index in [0.29, 0.717) is 0 Å². The molecule has 1 fully saturated rings. The lowest BCUT2D eigenvalue weighted by Crippen LogP contribution is -2.28. The summed E-state index contributed by atoms with van der Waals surface area (Å²) in [6.07, 6.45) is -0.0214. The highest BCUT2D eigenvalue weighted by molar-refractivity contribution is 6.00. The van der Waals surface area contributed by atoms with E-state index in [1.165, 1.54) is 11.8 Å². The van der Waals surface area contributed by atoms with Crippen molar-refractivity contribution in [1.82, 2.24) is 0 Å². The summed E-state index contributed by atoms with van der Waals surface area (Å²) in [7, 11) is 0. The van der Waals surface area contributed by atoms with Crippen LogP contribution < -0.4 is 10.6 Å². The molecule has 2 amide bonds. The number of rotatable bonds is 2. The summed E-state index contributed by atoms with van der Waals surface area (Å²) in [6, 6.07) is 2.17. The summed E-state index contributed by atoms with van der Waals surface area (Å²) in [5, 5.41) is 0. The maximum atomic E-state index is 13.4.